The van der Waals surface area contributed by atoms with Crippen LogP contribution in [-0.2, 0) is 5.41 Å². The Morgan fingerprint density at radius 3 is 1.86 bits per heavy atom. The number of rotatable bonds is 5. The molecule has 1 atom stereocenters. The molecular formula is C52H37N3O. The fraction of sp³-hybridized carbons (Fsp3) is 0.0962. The number of ether oxygens (including phenoxy) is 1. The van der Waals surface area contributed by atoms with Crippen LogP contribution >= 0.6 is 0 Å². The zero-order valence-corrected chi connectivity index (χ0v) is 30.8. The van der Waals surface area contributed by atoms with Crippen molar-refractivity contribution < 1.29 is 4.74 Å². The second-order valence-corrected chi connectivity index (χ2v) is 14.8. The number of nitrogens with zero attached hydrogens (tertiary/aromatic N) is 3. The second-order valence-electron chi connectivity index (χ2n) is 14.8. The number of aromatic nitrogens is 3. The molecule has 2 heterocycles. The summed E-state index contributed by atoms with van der Waals surface area (Å²) < 4.78 is 6.90. The molecule has 7 aromatic rings. The maximum atomic E-state index is 6.90. The summed E-state index contributed by atoms with van der Waals surface area (Å²) >= 11 is 0. The van der Waals surface area contributed by atoms with Crippen LogP contribution in [0.2, 0.25) is 0 Å². The van der Waals surface area contributed by atoms with Gasteiger partial charge in [0.25, 0.3) is 0 Å². The first kappa shape index (κ1) is 32.5. The van der Waals surface area contributed by atoms with Gasteiger partial charge < -0.3 is 4.74 Å². The number of hydrogen-bond acceptors (Lipinski definition) is 4. The Morgan fingerprint density at radius 2 is 1.07 bits per heavy atom. The topological polar surface area (TPSA) is 47.9 Å². The van der Waals surface area contributed by atoms with E-state index in [2.05, 4.69) is 158 Å². The van der Waals surface area contributed by atoms with Crippen LogP contribution in [0.3, 0.4) is 0 Å². The minimum absolute atomic E-state index is 0.428. The molecule has 1 aromatic heterocycles. The van der Waals surface area contributed by atoms with Gasteiger partial charge in [0, 0.05) is 27.8 Å². The number of hydrogen-bond donors (Lipinski definition) is 0. The fourth-order valence-electron chi connectivity index (χ4n) is 9.35. The Kier molecular flexibility index (Phi) is 7.63. The Balaban J connectivity index is 1.10. The maximum absolute atomic E-state index is 6.90. The largest absolute Gasteiger partial charge is 0.457 e. The molecule has 0 amide bonds. The first-order chi connectivity index (χ1) is 27.8. The van der Waals surface area contributed by atoms with Crippen molar-refractivity contribution in [2.24, 2.45) is 0 Å². The van der Waals surface area contributed by atoms with E-state index in [1.807, 2.05) is 18.2 Å². The van der Waals surface area contributed by atoms with Crippen molar-refractivity contribution in [3.63, 3.8) is 0 Å². The van der Waals surface area contributed by atoms with Gasteiger partial charge in [0.05, 0.1) is 5.41 Å². The fourth-order valence-corrected chi connectivity index (χ4v) is 9.35. The quantitative estimate of drug-likeness (QED) is 0.178. The lowest BCUT2D eigenvalue weighted by atomic mass is 9.64. The summed E-state index contributed by atoms with van der Waals surface area (Å²) in [4.78, 5) is 15.6. The molecule has 6 aromatic carbocycles. The number of para-hydroxylation sites is 1. The standard InChI is InChI=1S/C52H37N3O/c1-3-17-34(18-4-1)37-21-7-9-25-41(37)50-53-49(35-19-5-2-6-20-35)54-51(55-50)42-26-10-8-22-38(42)36-31-32-46-48(33-36)56-47-30-16-15-29-45(47)52(46)43-27-13-11-23-39(43)40-24-12-14-28-44(40)52/h2-3,5-13,15-27,29-33H,1,4,14,28H2. The normalized spacial score (nSPS) is 17.5. The van der Waals surface area contributed by atoms with Gasteiger partial charge in [0.1, 0.15) is 11.5 Å². The maximum Gasteiger partial charge on any atom is 0.164 e. The van der Waals surface area contributed by atoms with Crippen LogP contribution in [0.4, 0.5) is 0 Å². The molecule has 0 saturated carbocycles. The molecule has 4 aliphatic rings. The first-order valence-electron chi connectivity index (χ1n) is 19.6. The van der Waals surface area contributed by atoms with Gasteiger partial charge in [-0.3, -0.25) is 0 Å². The molecule has 266 valence electrons. The summed E-state index contributed by atoms with van der Waals surface area (Å²) in [5, 5.41) is 0. The molecule has 4 nitrogen and oxygen atoms in total. The highest BCUT2D eigenvalue weighted by molar-refractivity contribution is 5.93. The van der Waals surface area contributed by atoms with Gasteiger partial charge in [0.15, 0.2) is 17.5 Å². The third kappa shape index (κ3) is 5.03. The van der Waals surface area contributed by atoms with Crippen LogP contribution in [-0.4, -0.2) is 15.0 Å². The van der Waals surface area contributed by atoms with Gasteiger partial charge in [-0.1, -0.05) is 164 Å². The molecule has 1 aliphatic heterocycles. The monoisotopic (exact) mass is 719 g/mol. The molecule has 0 saturated heterocycles. The predicted octanol–water partition coefficient (Wildman–Crippen LogP) is 12.8. The SMILES string of the molecule is C1=CC(c2ccccc2-c2nc(-c3ccccc3)nc(-c3ccccc3-c3ccc4c(c3)Oc3ccccc3C43C4=C(C=CCC4)c4ccccc43)n2)=CCC1. The molecule has 11 rings (SSSR count). The molecular weight excluding hydrogens is 683 g/mol. The van der Waals surface area contributed by atoms with E-state index in [0.29, 0.717) is 17.5 Å². The minimum atomic E-state index is -0.428. The average molecular weight is 720 g/mol. The molecule has 0 fully saturated rings. The number of allylic oxidation sites excluding steroid dienone is 8. The van der Waals surface area contributed by atoms with Crippen LogP contribution in [0.5, 0.6) is 11.5 Å². The Labute approximate surface area is 327 Å². The molecule has 0 radical (unpaired) electrons. The molecule has 56 heavy (non-hydrogen) atoms. The van der Waals surface area contributed by atoms with Gasteiger partial charge in [-0.2, -0.15) is 0 Å². The van der Waals surface area contributed by atoms with Crippen LogP contribution in [0.1, 0.15) is 53.5 Å². The third-order valence-electron chi connectivity index (χ3n) is 11.8. The summed E-state index contributed by atoms with van der Waals surface area (Å²) in [6.45, 7) is 0. The first-order valence-corrected chi connectivity index (χ1v) is 19.6. The van der Waals surface area contributed by atoms with Crippen LogP contribution < -0.4 is 4.74 Å². The van der Waals surface area contributed by atoms with Gasteiger partial charge in [-0.05, 0) is 82.4 Å². The van der Waals surface area contributed by atoms with Gasteiger partial charge in [-0.15, -0.1) is 0 Å². The van der Waals surface area contributed by atoms with E-state index < -0.39 is 5.41 Å². The van der Waals surface area contributed by atoms with E-state index in [1.165, 1.54) is 39.0 Å². The molecule has 1 spiro atoms. The van der Waals surface area contributed by atoms with Crippen molar-refractivity contribution >= 4 is 11.1 Å². The molecule has 0 N–H and O–H groups in total. The van der Waals surface area contributed by atoms with E-state index in [-0.39, 0.29) is 0 Å². The summed E-state index contributed by atoms with van der Waals surface area (Å²) in [6, 6.07) is 51.4. The van der Waals surface area contributed by atoms with Crippen molar-refractivity contribution in [2.45, 2.75) is 31.1 Å². The van der Waals surface area contributed by atoms with E-state index >= 15 is 0 Å². The number of benzene rings is 6. The average Bonchev–Trinajstić information content (AvgIpc) is 3.57. The molecule has 3 aliphatic carbocycles. The van der Waals surface area contributed by atoms with Crippen molar-refractivity contribution in [1.82, 2.24) is 15.0 Å². The Hall–Kier alpha value is -6.91. The number of fused-ring (bicyclic) bond motifs is 8. The molecule has 1 unspecified atom stereocenters. The van der Waals surface area contributed by atoms with Crippen molar-refractivity contribution in [3.05, 3.63) is 209 Å². The zero-order chi connectivity index (χ0) is 37.1. The van der Waals surface area contributed by atoms with E-state index in [4.69, 9.17) is 19.7 Å². The van der Waals surface area contributed by atoms with Gasteiger partial charge >= 0.3 is 0 Å². The summed E-state index contributed by atoms with van der Waals surface area (Å²) in [5.41, 5.74) is 14.6. The summed E-state index contributed by atoms with van der Waals surface area (Å²) in [5.74, 6) is 3.69. The van der Waals surface area contributed by atoms with E-state index in [9.17, 15) is 0 Å². The molecule has 0 bridgehead atoms. The van der Waals surface area contributed by atoms with Crippen molar-refractivity contribution in [2.75, 3.05) is 0 Å². The Morgan fingerprint density at radius 1 is 0.446 bits per heavy atom. The predicted molar refractivity (Wildman–Crippen MR) is 226 cm³/mol. The smallest absolute Gasteiger partial charge is 0.164 e. The van der Waals surface area contributed by atoms with E-state index in [1.54, 1.807) is 0 Å². The summed E-state index contributed by atoms with van der Waals surface area (Å²) in [7, 11) is 0. The van der Waals surface area contributed by atoms with E-state index in [0.717, 1.165) is 70.6 Å². The Bertz CT molecular complexity index is 2840. The molecule has 4 heteroatoms. The minimum Gasteiger partial charge on any atom is -0.457 e. The van der Waals surface area contributed by atoms with Crippen LogP contribution in [0, 0.1) is 0 Å². The lowest BCUT2D eigenvalue weighted by Gasteiger charge is -2.41. The second kappa shape index (κ2) is 13.1. The highest BCUT2D eigenvalue weighted by Gasteiger charge is 2.52. The van der Waals surface area contributed by atoms with Crippen LogP contribution in [0.25, 0.3) is 56.4 Å². The lowest BCUT2D eigenvalue weighted by Crippen LogP contribution is -2.33. The lowest BCUT2D eigenvalue weighted by molar-refractivity contribution is 0.432. The third-order valence-corrected chi connectivity index (χ3v) is 11.8. The highest BCUT2D eigenvalue weighted by atomic mass is 16.5. The zero-order valence-electron chi connectivity index (χ0n) is 30.8. The summed E-state index contributed by atoms with van der Waals surface area (Å²) in [6.07, 6.45) is 15.5. The van der Waals surface area contributed by atoms with Crippen molar-refractivity contribution in [3.8, 4) is 56.8 Å². The van der Waals surface area contributed by atoms with Gasteiger partial charge in [-0.25, -0.2) is 15.0 Å². The van der Waals surface area contributed by atoms with Crippen molar-refractivity contribution in [1.29, 1.82) is 0 Å². The van der Waals surface area contributed by atoms with Gasteiger partial charge in [0.2, 0.25) is 0 Å². The highest BCUT2D eigenvalue weighted by Crippen LogP contribution is 2.63. The van der Waals surface area contributed by atoms with Crippen LogP contribution in [0.15, 0.2) is 182 Å².